The lowest BCUT2D eigenvalue weighted by Gasteiger charge is -2.04. The maximum Gasteiger partial charge on any atom is 0.0129 e. The molecule has 0 radical (unpaired) electrons. The second kappa shape index (κ2) is 6.30. The van der Waals surface area contributed by atoms with E-state index in [-0.39, 0.29) is 18.4 Å². The predicted molar refractivity (Wildman–Crippen MR) is 62.8 cm³/mol. The van der Waals surface area contributed by atoms with Crippen LogP contribution in [-0.4, -0.2) is 11.8 Å². The lowest BCUT2D eigenvalue weighted by atomic mass is 10.2. The number of hydrogen-bond acceptors (Lipinski definition) is 2. The van der Waals surface area contributed by atoms with Crippen LogP contribution in [0.2, 0.25) is 0 Å². The maximum atomic E-state index is 5.65. The minimum atomic E-state index is 0. The van der Waals surface area contributed by atoms with E-state index in [1.165, 1.54) is 10.5 Å². The Balaban J connectivity index is 0.00000144. The van der Waals surface area contributed by atoms with Gasteiger partial charge in [0.05, 0.1) is 0 Å². The Morgan fingerprint density at radius 2 is 1.85 bits per heavy atom. The summed E-state index contributed by atoms with van der Waals surface area (Å²) in [6, 6.07) is 8.81. The first-order chi connectivity index (χ1) is 5.68. The van der Waals surface area contributed by atoms with Gasteiger partial charge in [-0.15, -0.1) is 24.2 Å². The molecule has 3 heteroatoms. The topological polar surface area (TPSA) is 26.0 Å². The van der Waals surface area contributed by atoms with Crippen LogP contribution in [0.3, 0.4) is 0 Å². The van der Waals surface area contributed by atoms with Crippen molar-refractivity contribution in [3.63, 3.8) is 0 Å². The van der Waals surface area contributed by atoms with E-state index >= 15 is 0 Å². The molecule has 1 aromatic carbocycles. The van der Waals surface area contributed by atoms with E-state index in [1.807, 2.05) is 18.7 Å². The summed E-state index contributed by atoms with van der Waals surface area (Å²) in [6.45, 7) is 4.13. The first-order valence-electron chi connectivity index (χ1n) is 4.13. The largest absolute Gasteiger partial charge is 0.327 e. The highest BCUT2D eigenvalue weighted by atomic mass is 35.5. The fourth-order valence-corrected chi connectivity index (χ4v) is 1.65. The third-order valence-corrected chi connectivity index (χ3v) is 2.83. The number of nitrogens with two attached hydrogens (primary N) is 1. The fraction of sp³-hybridized carbons (Fsp3) is 0.400. The van der Waals surface area contributed by atoms with Crippen molar-refractivity contribution >= 4 is 24.2 Å². The Morgan fingerprint density at radius 1 is 1.31 bits per heavy atom. The van der Waals surface area contributed by atoms with Crippen LogP contribution in [0, 0.1) is 6.92 Å². The minimum absolute atomic E-state index is 0. The van der Waals surface area contributed by atoms with Gasteiger partial charge in [0.25, 0.3) is 0 Å². The summed E-state index contributed by atoms with van der Waals surface area (Å²) in [6.07, 6.45) is 0. The Labute approximate surface area is 90.5 Å². The summed E-state index contributed by atoms with van der Waals surface area (Å²) in [7, 11) is 0. The van der Waals surface area contributed by atoms with Crippen LogP contribution in [0.4, 0.5) is 0 Å². The van der Waals surface area contributed by atoms with Crippen molar-refractivity contribution in [3.8, 4) is 0 Å². The fourth-order valence-electron chi connectivity index (χ4n) is 0.862. The van der Waals surface area contributed by atoms with Crippen LogP contribution in [0.15, 0.2) is 29.2 Å². The van der Waals surface area contributed by atoms with Crippen molar-refractivity contribution < 1.29 is 0 Å². The molecule has 1 unspecified atom stereocenters. The maximum absolute atomic E-state index is 5.65. The summed E-state index contributed by atoms with van der Waals surface area (Å²) < 4.78 is 0. The molecule has 74 valence electrons. The Morgan fingerprint density at radius 3 is 2.31 bits per heavy atom. The van der Waals surface area contributed by atoms with Gasteiger partial charge >= 0.3 is 0 Å². The standard InChI is InChI=1S/C10H15NS.ClH/c1-8-3-5-10(6-4-8)12-7-9(2)11;/h3-6,9H,7,11H2,1-2H3;1H. The second-order valence-electron chi connectivity index (χ2n) is 3.10. The summed E-state index contributed by atoms with van der Waals surface area (Å²) in [5, 5.41) is 0. The van der Waals surface area contributed by atoms with Crippen LogP contribution in [0.25, 0.3) is 0 Å². The number of halogens is 1. The highest BCUT2D eigenvalue weighted by molar-refractivity contribution is 7.99. The molecule has 2 N–H and O–H groups in total. The summed E-state index contributed by atoms with van der Waals surface area (Å²) in [4.78, 5) is 1.30. The summed E-state index contributed by atoms with van der Waals surface area (Å²) in [5.74, 6) is 0.989. The van der Waals surface area contributed by atoms with E-state index in [0.29, 0.717) is 0 Å². The zero-order chi connectivity index (χ0) is 8.97. The van der Waals surface area contributed by atoms with Crippen molar-refractivity contribution in [1.29, 1.82) is 0 Å². The number of hydrogen-bond donors (Lipinski definition) is 1. The number of aryl methyl sites for hydroxylation is 1. The molecule has 0 heterocycles. The van der Waals surface area contributed by atoms with Crippen molar-refractivity contribution in [3.05, 3.63) is 29.8 Å². The third-order valence-electron chi connectivity index (χ3n) is 1.53. The smallest absolute Gasteiger partial charge is 0.0129 e. The molecule has 0 saturated heterocycles. The normalized spacial score (nSPS) is 11.9. The zero-order valence-corrected chi connectivity index (χ0v) is 9.62. The molecule has 0 fully saturated rings. The molecule has 0 amide bonds. The molecule has 0 aromatic heterocycles. The van der Waals surface area contributed by atoms with Gasteiger partial charge in [-0.1, -0.05) is 17.7 Å². The predicted octanol–water partition coefficient (Wildman–Crippen LogP) is 2.86. The molecule has 0 aliphatic rings. The van der Waals surface area contributed by atoms with Gasteiger partial charge in [-0.05, 0) is 26.0 Å². The van der Waals surface area contributed by atoms with Crippen molar-refractivity contribution in [1.82, 2.24) is 0 Å². The van der Waals surface area contributed by atoms with Gasteiger partial charge in [-0.2, -0.15) is 0 Å². The first-order valence-corrected chi connectivity index (χ1v) is 5.12. The van der Waals surface area contributed by atoms with Crippen molar-refractivity contribution in [2.24, 2.45) is 5.73 Å². The van der Waals surface area contributed by atoms with Gasteiger partial charge < -0.3 is 5.73 Å². The monoisotopic (exact) mass is 217 g/mol. The van der Waals surface area contributed by atoms with E-state index in [4.69, 9.17) is 5.73 Å². The quantitative estimate of drug-likeness (QED) is 0.789. The van der Waals surface area contributed by atoms with Gasteiger partial charge in [0, 0.05) is 16.7 Å². The SMILES string of the molecule is Cc1ccc(SCC(C)N)cc1.Cl. The van der Waals surface area contributed by atoms with Gasteiger partial charge in [-0.3, -0.25) is 0 Å². The second-order valence-corrected chi connectivity index (χ2v) is 4.19. The molecule has 0 aliphatic carbocycles. The van der Waals surface area contributed by atoms with Crippen molar-refractivity contribution in [2.75, 3.05) is 5.75 Å². The molecule has 1 aromatic rings. The third kappa shape index (κ3) is 5.19. The molecule has 0 aliphatic heterocycles. The Hall–Kier alpha value is -0.180. The van der Waals surface area contributed by atoms with E-state index in [1.54, 1.807) is 0 Å². The van der Waals surface area contributed by atoms with Crippen LogP contribution in [-0.2, 0) is 0 Å². The van der Waals surface area contributed by atoms with Crippen LogP contribution in [0.1, 0.15) is 12.5 Å². The zero-order valence-electron chi connectivity index (χ0n) is 7.99. The molecular formula is C10H16ClNS. The Bertz CT molecular complexity index is 233. The highest BCUT2D eigenvalue weighted by Crippen LogP contribution is 2.18. The average Bonchev–Trinajstić information content (AvgIpc) is 2.03. The molecule has 0 spiro atoms. The molecule has 1 nitrogen and oxygen atoms in total. The Kier molecular flexibility index (Phi) is 6.21. The molecule has 1 atom stereocenters. The van der Waals surface area contributed by atoms with Crippen LogP contribution < -0.4 is 5.73 Å². The van der Waals surface area contributed by atoms with Crippen LogP contribution in [0.5, 0.6) is 0 Å². The van der Waals surface area contributed by atoms with Gasteiger partial charge in [0.15, 0.2) is 0 Å². The number of benzene rings is 1. The van der Waals surface area contributed by atoms with E-state index in [9.17, 15) is 0 Å². The molecule has 0 saturated carbocycles. The molecule has 13 heavy (non-hydrogen) atoms. The van der Waals surface area contributed by atoms with Gasteiger partial charge in [-0.25, -0.2) is 0 Å². The van der Waals surface area contributed by atoms with Gasteiger partial charge in [0.1, 0.15) is 0 Å². The molecular weight excluding hydrogens is 202 g/mol. The molecule has 1 rings (SSSR count). The van der Waals surface area contributed by atoms with Gasteiger partial charge in [0.2, 0.25) is 0 Å². The van der Waals surface area contributed by atoms with E-state index in [0.717, 1.165) is 5.75 Å². The summed E-state index contributed by atoms with van der Waals surface area (Å²) >= 11 is 1.81. The summed E-state index contributed by atoms with van der Waals surface area (Å²) in [5.41, 5.74) is 6.96. The van der Waals surface area contributed by atoms with E-state index < -0.39 is 0 Å². The highest BCUT2D eigenvalue weighted by Gasteiger charge is 1.96. The average molecular weight is 218 g/mol. The van der Waals surface area contributed by atoms with Crippen LogP contribution >= 0.6 is 24.2 Å². The molecule has 0 bridgehead atoms. The van der Waals surface area contributed by atoms with Crippen molar-refractivity contribution in [2.45, 2.75) is 24.8 Å². The lowest BCUT2D eigenvalue weighted by Crippen LogP contribution is -2.17. The number of rotatable bonds is 3. The minimum Gasteiger partial charge on any atom is -0.327 e. The number of thioether (sulfide) groups is 1. The first kappa shape index (κ1) is 12.8. The van der Waals surface area contributed by atoms with E-state index in [2.05, 4.69) is 31.2 Å². The lowest BCUT2D eigenvalue weighted by molar-refractivity contribution is 0.847.